The van der Waals surface area contributed by atoms with Gasteiger partial charge in [-0.15, -0.1) is 0 Å². The van der Waals surface area contributed by atoms with Crippen LogP contribution in [0.5, 0.6) is 0 Å². The van der Waals surface area contributed by atoms with Crippen molar-refractivity contribution >= 4 is 10.0 Å². The van der Waals surface area contributed by atoms with Crippen molar-refractivity contribution in [3.05, 3.63) is 0 Å². The Kier molecular flexibility index (Phi) is 3.47. The van der Waals surface area contributed by atoms with Gasteiger partial charge in [-0.2, -0.15) is 0 Å². The van der Waals surface area contributed by atoms with E-state index in [0.717, 1.165) is 0 Å². The molecule has 0 aliphatic heterocycles. The van der Waals surface area contributed by atoms with Gasteiger partial charge in [0.05, 0.1) is 11.4 Å². The van der Waals surface area contributed by atoms with Gasteiger partial charge in [0.1, 0.15) is 0 Å². The van der Waals surface area contributed by atoms with E-state index in [4.69, 9.17) is 4.84 Å². The Labute approximate surface area is 67.9 Å². The van der Waals surface area contributed by atoms with Crippen molar-refractivity contribution in [1.82, 2.24) is 4.89 Å². The van der Waals surface area contributed by atoms with Crippen molar-refractivity contribution < 1.29 is 13.3 Å². The number of rotatable bonds is 3. The van der Waals surface area contributed by atoms with Crippen LogP contribution >= 0.6 is 0 Å². The minimum absolute atomic E-state index is 0.0308. The highest BCUT2D eigenvalue weighted by Gasteiger charge is 2.14. The minimum atomic E-state index is -3.22. The molecule has 4 nitrogen and oxygen atoms in total. The van der Waals surface area contributed by atoms with Crippen LogP contribution in [-0.4, -0.2) is 19.8 Å². The van der Waals surface area contributed by atoms with Gasteiger partial charge in [0.2, 0.25) is 10.0 Å². The molecular weight excluding hydrogens is 166 g/mol. The maximum atomic E-state index is 10.8. The Bertz CT molecular complexity index is 202. The molecule has 1 N–H and O–H groups in total. The summed E-state index contributed by atoms with van der Waals surface area (Å²) in [4.78, 5) is 6.87. The number of nitrogens with one attached hydrogen (secondary N) is 1. The third-order valence-electron chi connectivity index (χ3n) is 0.855. The fourth-order valence-corrected chi connectivity index (χ4v) is 0.742. The van der Waals surface area contributed by atoms with E-state index in [9.17, 15) is 8.42 Å². The normalized spacial score (nSPS) is 13.5. The maximum Gasteiger partial charge on any atom is 0.233 e. The lowest BCUT2D eigenvalue weighted by Gasteiger charge is -2.18. The van der Waals surface area contributed by atoms with Crippen molar-refractivity contribution in [3.63, 3.8) is 0 Å². The van der Waals surface area contributed by atoms with Crippen LogP contribution in [0.15, 0.2) is 0 Å². The van der Waals surface area contributed by atoms with E-state index in [-0.39, 0.29) is 5.75 Å². The molecule has 0 radical (unpaired) electrons. The number of sulfonamides is 1. The second kappa shape index (κ2) is 3.51. The summed E-state index contributed by atoms with van der Waals surface area (Å²) in [6.45, 7) is 6.86. The van der Waals surface area contributed by atoms with Gasteiger partial charge in [0.15, 0.2) is 0 Å². The van der Waals surface area contributed by atoms with Crippen LogP contribution in [0.1, 0.15) is 27.7 Å². The van der Waals surface area contributed by atoms with E-state index in [1.54, 1.807) is 27.7 Å². The molecule has 0 saturated heterocycles. The van der Waals surface area contributed by atoms with Crippen LogP contribution in [0.25, 0.3) is 0 Å². The predicted octanol–water partition coefficient (Wildman–Crippen LogP) is 0.656. The molecule has 0 rings (SSSR count). The van der Waals surface area contributed by atoms with Gasteiger partial charge in [-0.3, -0.25) is 4.84 Å². The fourth-order valence-electron chi connectivity index (χ4n) is 0.247. The van der Waals surface area contributed by atoms with Crippen LogP contribution in [0, 0.1) is 0 Å². The lowest BCUT2D eigenvalue weighted by molar-refractivity contribution is -0.0356. The summed E-state index contributed by atoms with van der Waals surface area (Å²) in [5.41, 5.74) is -0.484. The Hall–Kier alpha value is -0.130. The highest BCUT2D eigenvalue weighted by atomic mass is 32.2. The van der Waals surface area contributed by atoms with Crippen molar-refractivity contribution in [1.29, 1.82) is 0 Å². The monoisotopic (exact) mass is 181 g/mol. The third kappa shape index (κ3) is 6.28. The van der Waals surface area contributed by atoms with Gasteiger partial charge in [0, 0.05) is 0 Å². The number of hydrogen-bond acceptors (Lipinski definition) is 3. The maximum absolute atomic E-state index is 10.8. The van der Waals surface area contributed by atoms with Crippen LogP contribution in [0.4, 0.5) is 0 Å². The van der Waals surface area contributed by atoms with E-state index in [1.807, 2.05) is 4.89 Å². The van der Waals surface area contributed by atoms with Gasteiger partial charge in [-0.05, 0) is 27.7 Å². The van der Waals surface area contributed by atoms with Gasteiger partial charge in [-0.1, -0.05) is 4.89 Å². The van der Waals surface area contributed by atoms with Crippen molar-refractivity contribution in [3.8, 4) is 0 Å². The zero-order valence-corrected chi connectivity index (χ0v) is 8.16. The highest BCUT2D eigenvalue weighted by molar-refractivity contribution is 7.89. The van der Waals surface area contributed by atoms with E-state index in [2.05, 4.69) is 0 Å². The SMILES string of the molecule is CCS(=O)(=O)NOC(C)(C)C. The molecule has 68 valence electrons. The summed E-state index contributed by atoms with van der Waals surface area (Å²) in [7, 11) is -3.22. The Morgan fingerprint density at radius 1 is 1.36 bits per heavy atom. The summed E-state index contributed by atoms with van der Waals surface area (Å²) in [6, 6.07) is 0. The summed E-state index contributed by atoms with van der Waals surface area (Å²) in [5.74, 6) is 0.0308. The first-order valence-electron chi connectivity index (χ1n) is 3.44. The van der Waals surface area contributed by atoms with Crippen LogP contribution in [0.2, 0.25) is 0 Å². The van der Waals surface area contributed by atoms with Crippen molar-refractivity contribution in [2.75, 3.05) is 5.75 Å². The molecule has 0 aliphatic carbocycles. The first-order valence-corrected chi connectivity index (χ1v) is 5.09. The topological polar surface area (TPSA) is 55.4 Å². The van der Waals surface area contributed by atoms with Crippen LogP contribution < -0.4 is 4.89 Å². The highest BCUT2D eigenvalue weighted by Crippen LogP contribution is 2.04. The van der Waals surface area contributed by atoms with Gasteiger partial charge in [-0.25, -0.2) is 8.42 Å². The van der Waals surface area contributed by atoms with E-state index in [1.165, 1.54) is 0 Å². The molecule has 11 heavy (non-hydrogen) atoms. The summed E-state index contributed by atoms with van der Waals surface area (Å²) in [6.07, 6.45) is 0. The smallest absolute Gasteiger partial charge is 0.233 e. The first kappa shape index (κ1) is 10.9. The van der Waals surface area contributed by atoms with Crippen LogP contribution in [0.3, 0.4) is 0 Å². The molecule has 0 heterocycles. The van der Waals surface area contributed by atoms with E-state index >= 15 is 0 Å². The molecule has 0 aromatic rings. The fraction of sp³-hybridized carbons (Fsp3) is 1.00. The van der Waals surface area contributed by atoms with Crippen LogP contribution in [-0.2, 0) is 14.9 Å². The largest absolute Gasteiger partial charge is 0.281 e. The van der Waals surface area contributed by atoms with Gasteiger partial charge >= 0.3 is 0 Å². The predicted molar refractivity (Wildman–Crippen MR) is 43.4 cm³/mol. The lowest BCUT2D eigenvalue weighted by Crippen LogP contribution is -2.34. The standard InChI is InChI=1S/C6H15NO3S/c1-5-11(8,9)7-10-6(2,3)4/h7H,5H2,1-4H3. The molecule has 5 heteroatoms. The molecule has 0 spiro atoms. The summed E-state index contributed by atoms with van der Waals surface area (Å²) in [5, 5.41) is 0. The molecule has 0 unspecified atom stereocenters. The second-order valence-electron chi connectivity index (χ2n) is 3.20. The van der Waals surface area contributed by atoms with E-state index in [0.29, 0.717) is 0 Å². The molecular formula is C6H15NO3S. The molecule has 0 aromatic carbocycles. The summed E-state index contributed by atoms with van der Waals surface area (Å²) < 4.78 is 21.6. The quantitative estimate of drug-likeness (QED) is 0.651. The lowest BCUT2D eigenvalue weighted by atomic mass is 10.2. The zero-order valence-electron chi connectivity index (χ0n) is 7.34. The van der Waals surface area contributed by atoms with Gasteiger partial charge < -0.3 is 0 Å². The molecule has 0 aromatic heterocycles. The average molecular weight is 181 g/mol. The minimum Gasteiger partial charge on any atom is -0.281 e. The Morgan fingerprint density at radius 3 is 2.09 bits per heavy atom. The Balaban J connectivity index is 3.91. The molecule has 0 bridgehead atoms. The molecule has 0 saturated carbocycles. The Morgan fingerprint density at radius 2 is 1.82 bits per heavy atom. The van der Waals surface area contributed by atoms with Crippen molar-refractivity contribution in [2.45, 2.75) is 33.3 Å². The molecule has 0 atom stereocenters. The second-order valence-corrected chi connectivity index (χ2v) is 5.17. The van der Waals surface area contributed by atoms with Crippen molar-refractivity contribution in [2.24, 2.45) is 0 Å². The third-order valence-corrected chi connectivity index (χ3v) is 1.95. The van der Waals surface area contributed by atoms with Gasteiger partial charge in [0.25, 0.3) is 0 Å². The molecule has 0 amide bonds. The average Bonchev–Trinajstić information content (AvgIpc) is 1.83. The molecule has 0 aliphatic rings. The summed E-state index contributed by atoms with van der Waals surface area (Å²) >= 11 is 0. The zero-order chi connectivity index (χ0) is 9.12. The van der Waals surface area contributed by atoms with E-state index < -0.39 is 15.6 Å². The first-order chi connectivity index (χ1) is 4.77. The number of hydrogen-bond donors (Lipinski definition) is 1. The molecule has 0 fully saturated rings.